The number of carbonyl (C=O) groups is 5. The second-order valence-corrected chi connectivity index (χ2v) is 9.24. The number of benzene rings is 1. The number of phenols is 1. The molecule has 13 N–H and O–H groups in total. The summed E-state index contributed by atoms with van der Waals surface area (Å²) in [7, 11) is 0. The number of carboxylic acid groups (broad SMARTS) is 1. The Hall–Kier alpha value is -3.75. The van der Waals surface area contributed by atoms with Gasteiger partial charge in [0.15, 0.2) is 0 Å². The third-order valence-electron chi connectivity index (χ3n) is 5.91. The number of rotatable bonds is 19. The zero-order chi connectivity index (χ0) is 29.4. The standard InChI is InChI=1S/C25H41N7O7/c26-11-3-1-5-17(28)22(35)31-19(13-15-7-9-16(33)10-8-15)23(36)32-20(14-21(29)34)24(37)30-18(25(38)39)6-2-4-12-27/h7-10,17-20,33H,1-6,11-14,26-28H2,(H2,29,34)(H,30,37)(H,31,35)(H,32,36)(H,38,39). The van der Waals surface area contributed by atoms with Crippen molar-refractivity contribution in [2.45, 2.75) is 75.5 Å². The van der Waals surface area contributed by atoms with Gasteiger partial charge in [-0.05, 0) is 62.9 Å². The molecule has 0 heterocycles. The van der Waals surface area contributed by atoms with Gasteiger partial charge in [0.05, 0.1) is 12.5 Å². The number of primary amides is 1. The van der Waals surface area contributed by atoms with Crippen molar-refractivity contribution in [2.75, 3.05) is 13.1 Å². The summed E-state index contributed by atoms with van der Waals surface area (Å²) in [5, 5.41) is 26.3. The predicted octanol–water partition coefficient (Wildman–Crippen LogP) is -2.07. The van der Waals surface area contributed by atoms with Crippen molar-refractivity contribution < 1.29 is 34.2 Å². The fourth-order valence-electron chi connectivity index (χ4n) is 3.70. The van der Waals surface area contributed by atoms with Crippen molar-refractivity contribution in [1.29, 1.82) is 0 Å². The number of nitrogens with one attached hydrogen (secondary N) is 3. The van der Waals surface area contributed by atoms with Crippen molar-refractivity contribution in [3.05, 3.63) is 29.8 Å². The van der Waals surface area contributed by atoms with Gasteiger partial charge < -0.3 is 49.1 Å². The molecule has 4 unspecified atom stereocenters. The molecule has 0 saturated heterocycles. The van der Waals surface area contributed by atoms with E-state index in [0.717, 1.165) is 0 Å². The lowest BCUT2D eigenvalue weighted by Gasteiger charge is -2.25. The lowest BCUT2D eigenvalue weighted by Crippen LogP contribution is -2.58. The molecule has 1 aromatic rings. The summed E-state index contributed by atoms with van der Waals surface area (Å²) >= 11 is 0. The number of amides is 4. The molecule has 39 heavy (non-hydrogen) atoms. The summed E-state index contributed by atoms with van der Waals surface area (Å²) in [6, 6.07) is 1.02. The molecule has 0 aromatic heterocycles. The maximum Gasteiger partial charge on any atom is 0.326 e. The first-order valence-corrected chi connectivity index (χ1v) is 12.8. The smallest absolute Gasteiger partial charge is 0.326 e. The number of carbonyl (C=O) groups excluding carboxylic acids is 4. The first-order valence-electron chi connectivity index (χ1n) is 12.8. The summed E-state index contributed by atoms with van der Waals surface area (Å²) in [4.78, 5) is 62.1. The van der Waals surface area contributed by atoms with Crippen LogP contribution in [0.15, 0.2) is 24.3 Å². The molecule has 14 heteroatoms. The predicted molar refractivity (Wildman–Crippen MR) is 143 cm³/mol. The van der Waals surface area contributed by atoms with Crippen LogP contribution >= 0.6 is 0 Å². The lowest BCUT2D eigenvalue weighted by atomic mass is 10.0. The molecule has 0 fully saturated rings. The summed E-state index contributed by atoms with van der Waals surface area (Å²) in [5.74, 6) is -4.54. The maximum atomic E-state index is 13.3. The first-order chi connectivity index (χ1) is 18.5. The number of phenolic OH excluding ortho intramolecular Hbond substituents is 1. The van der Waals surface area contributed by atoms with E-state index >= 15 is 0 Å². The fraction of sp³-hybridized carbons (Fsp3) is 0.560. The van der Waals surface area contributed by atoms with Crippen molar-refractivity contribution in [3.8, 4) is 5.75 Å². The van der Waals surface area contributed by atoms with E-state index < -0.39 is 60.2 Å². The minimum absolute atomic E-state index is 0.00311. The van der Waals surface area contributed by atoms with E-state index in [1.807, 2.05) is 0 Å². The van der Waals surface area contributed by atoms with Crippen LogP contribution in [0, 0.1) is 0 Å². The zero-order valence-corrected chi connectivity index (χ0v) is 21.9. The average Bonchev–Trinajstić information content (AvgIpc) is 2.88. The van der Waals surface area contributed by atoms with Crippen molar-refractivity contribution >= 4 is 29.6 Å². The highest BCUT2D eigenvalue weighted by Crippen LogP contribution is 2.12. The van der Waals surface area contributed by atoms with Gasteiger partial charge in [-0.15, -0.1) is 0 Å². The molecule has 0 bridgehead atoms. The van der Waals surface area contributed by atoms with Crippen LogP contribution in [0.5, 0.6) is 5.75 Å². The largest absolute Gasteiger partial charge is 0.508 e. The quantitative estimate of drug-likeness (QED) is 0.0848. The number of aliphatic carboxylic acids is 1. The Morgan fingerprint density at radius 3 is 1.79 bits per heavy atom. The molecule has 0 radical (unpaired) electrons. The molecule has 1 rings (SSSR count). The Morgan fingerprint density at radius 2 is 1.26 bits per heavy atom. The van der Waals surface area contributed by atoms with Gasteiger partial charge in [-0.2, -0.15) is 0 Å². The number of nitrogens with two attached hydrogens (primary N) is 4. The van der Waals surface area contributed by atoms with Gasteiger partial charge in [0.2, 0.25) is 23.6 Å². The van der Waals surface area contributed by atoms with E-state index in [-0.39, 0.29) is 18.6 Å². The number of unbranched alkanes of at least 4 members (excludes halogenated alkanes) is 2. The van der Waals surface area contributed by atoms with Crippen LogP contribution in [0.25, 0.3) is 0 Å². The minimum atomic E-state index is -1.50. The highest BCUT2D eigenvalue weighted by Gasteiger charge is 2.31. The molecule has 0 aliphatic rings. The average molecular weight is 552 g/mol. The van der Waals surface area contributed by atoms with Gasteiger partial charge >= 0.3 is 5.97 Å². The minimum Gasteiger partial charge on any atom is -0.508 e. The van der Waals surface area contributed by atoms with Crippen LogP contribution in [0.2, 0.25) is 0 Å². The second-order valence-electron chi connectivity index (χ2n) is 9.24. The van der Waals surface area contributed by atoms with Gasteiger partial charge in [0.25, 0.3) is 0 Å². The molecule has 4 amide bonds. The SMILES string of the molecule is NCCCCC(N)C(=O)NC(Cc1ccc(O)cc1)C(=O)NC(CC(N)=O)C(=O)NC(CCCCN)C(=O)O. The zero-order valence-electron chi connectivity index (χ0n) is 21.9. The first kappa shape index (κ1) is 33.3. The van der Waals surface area contributed by atoms with Gasteiger partial charge in [0.1, 0.15) is 23.9 Å². The molecule has 0 aliphatic heterocycles. The summed E-state index contributed by atoms with van der Waals surface area (Å²) < 4.78 is 0. The molecule has 0 aliphatic carbocycles. The number of aromatic hydroxyl groups is 1. The Kier molecular flexibility index (Phi) is 15.1. The van der Waals surface area contributed by atoms with Gasteiger partial charge in [0, 0.05) is 6.42 Å². The van der Waals surface area contributed by atoms with Crippen molar-refractivity contribution in [1.82, 2.24) is 16.0 Å². The molecule has 218 valence electrons. The highest BCUT2D eigenvalue weighted by atomic mass is 16.4. The van der Waals surface area contributed by atoms with E-state index in [4.69, 9.17) is 22.9 Å². The molecule has 0 spiro atoms. The molecule has 1 aromatic carbocycles. The second kappa shape index (κ2) is 17.7. The number of hydrogen-bond donors (Lipinski definition) is 9. The molecular weight excluding hydrogens is 510 g/mol. The monoisotopic (exact) mass is 551 g/mol. The Labute approximate surface area is 227 Å². The van der Waals surface area contributed by atoms with Crippen molar-refractivity contribution in [3.63, 3.8) is 0 Å². The molecule has 14 nitrogen and oxygen atoms in total. The normalized spacial score (nSPS) is 13.9. The summed E-state index contributed by atoms with van der Waals surface area (Å²) in [6.45, 7) is 0.796. The number of carboxylic acids is 1. The van der Waals surface area contributed by atoms with Crippen LogP contribution in [-0.2, 0) is 30.4 Å². The number of hydrogen-bond acceptors (Lipinski definition) is 9. The lowest BCUT2D eigenvalue weighted by molar-refractivity contribution is -0.142. The van der Waals surface area contributed by atoms with E-state index in [2.05, 4.69) is 16.0 Å². The summed E-state index contributed by atoms with van der Waals surface area (Å²) in [5.41, 5.74) is 22.7. The van der Waals surface area contributed by atoms with Gasteiger partial charge in [-0.1, -0.05) is 18.6 Å². The molecular formula is C25H41N7O7. The van der Waals surface area contributed by atoms with Crippen LogP contribution in [0.3, 0.4) is 0 Å². The highest BCUT2D eigenvalue weighted by molar-refractivity contribution is 5.96. The van der Waals surface area contributed by atoms with E-state index in [9.17, 15) is 34.2 Å². The van der Waals surface area contributed by atoms with Crippen LogP contribution in [-0.4, -0.2) is 77.1 Å². The summed E-state index contributed by atoms with van der Waals surface area (Å²) in [6.07, 6.45) is 2.06. The fourth-order valence-corrected chi connectivity index (χ4v) is 3.70. The van der Waals surface area contributed by atoms with Crippen LogP contribution < -0.4 is 38.9 Å². The van der Waals surface area contributed by atoms with E-state index in [1.165, 1.54) is 12.1 Å². The Morgan fingerprint density at radius 1 is 0.744 bits per heavy atom. The Balaban J connectivity index is 3.08. The van der Waals surface area contributed by atoms with Crippen molar-refractivity contribution in [2.24, 2.45) is 22.9 Å². The maximum absolute atomic E-state index is 13.3. The molecule has 0 saturated carbocycles. The topological polar surface area (TPSA) is 266 Å². The van der Waals surface area contributed by atoms with Gasteiger partial charge in [-0.25, -0.2) is 4.79 Å². The Bertz CT molecular complexity index is 959. The van der Waals surface area contributed by atoms with Crippen LogP contribution in [0.1, 0.15) is 50.5 Å². The third kappa shape index (κ3) is 13.0. The van der Waals surface area contributed by atoms with E-state index in [1.54, 1.807) is 12.1 Å². The van der Waals surface area contributed by atoms with E-state index in [0.29, 0.717) is 50.8 Å². The molecule has 4 atom stereocenters. The third-order valence-corrected chi connectivity index (χ3v) is 5.91. The van der Waals surface area contributed by atoms with Gasteiger partial charge in [-0.3, -0.25) is 19.2 Å². The van der Waals surface area contributed by atoms with Crippen LogP contribution in [0.4, 0.5) is 0 Å².